The molecule has 0 spiro atoms. The van der Waals surface area contributed by atoms with E-state index in [1.807, 2.05) is 12.1 Å². The molecule has 2 heterocycles. The number of halogens is 1. The van der Waals surface area contributed by atoms with Crippen molar-refractivity contribution in [2.45, 2.75) is 25.7 Å². The number of aliphatic imine (C=N–C) groups is 1. The maximum atomic E-state index is 14.1. The van der Waals surface area contributed by atoms with Crippen molar-refractivity contribution in [1.29, 1.82) is 0 Å². The fourth-order valence-electron chi connectivity index (χ4n) is 3.97. The first-order valence-electron chi connectivity index (χ1n) is 10.4. The Morgan fingerprint density at radius 3 is 2.62 bits per heavy atom. The Balaban J connectivity index is 1.39. The molecule has 1 atom stereocenters. The molecule has 0 aliphatic carbocycles. The van der Waals surface area contributed by atoms with Crippen LogP contribution >= 0.6 is 0 Å². The molecule has 152 valence electrons. The molecule has 0 saturated carbocycles. The van der Waals surface area contributed by atoms with Crippen molar-refractivity contribution in [3.8, 4) is 0 Å². The zero-order chi connectivity index (χ0) is 20.2. The third kappa shape index (κ3) is 4.32. The van der Waals surface area contributed by atoms with Crippen LogP contribution < -0.4 is 10.2 Å². The van der Waals surface area contributed by atoms with Crippen molar-refractivity contribution >= 4 is 29.2 Å². The summed E-state index contributed by atoms with van der Waals surface area (Å²) < 4.78 is 14.1. The second-order valence-electron chi connectivity index (χ2n) is 7.64. The number of carbonyl (C=O) groups is 1. The predicted octanol–water partition coefficient (Wildman–Crippen LogP) is 4.19. The molecule has 6 heteroatoms. The van der Waals surface area contributed by atoms with Crippen LogP contribution in [0.4, 0.5) is 21.5 Å². The zero-order valence-corrected chi connectivity index (χ0v) is 16.8. The molecule has 1 amide bonds. The zero-order valence-electron chi connectivity index (χ0n) is 16.8. The number of carbonyl (C=O) groups excluding carboxylic acids is 1. The largest absolute Gasteiger partial charge is 0.369 e. The van der Waals surface area contributed by atoms with Gasteiger partial charge in [0, 0.05) is 49.3 Å². The number of amides is 1. The van der Waals surface area contributed by atoms with E-state index in [0.29, 0.717) is 11.3 Å². The number of piperazine rings is 1. The second kappa shape index (κ2) is 8.74. The van der Waals surface area contributed by atoms with Gasteiger partial charge in [0.2, 0.25) is 5.91 Å². The molecule has 2 aliphatic heterocycles. The highest BCUT2D eigenvalue weighted by Gasteiger charge is 2.31. The summed E-state index contributed by atoms with van der Waals surface area (Å²) in [6.45, 7) is 7.68. The average molecular weight is 394 g/mol. The number of unbranched alkanes of at least 4 members (excludes halogenated alkanes) is 1. The minimum Gasteiger partial charge on any atom is -0.369 e. The molecular formula is C23H27FN4O. The Hall–Kier alpha value is -2.73. The lowest BCUT2D eigenvalue weighted by molar-refractivity contribution is -0.115. The highest BCUT2D eigenvalue weighted by molar-refractivity contribution is 6.12. The van der Waals surface area contributed by atoms with Crippen LogP contribution in [-0.4, -0.2) is 49.7 Å². The number of nitrogens with one attached hydrogen (secondary N) is 1. The van der Waals surface area contributed by atoms with Crippen molar-refractivity contribution in [2.24, 2.45) is 4.99 Å². The Labute approximate surface area is 171 Å². The van der Waals surface area contributed by atoms with Crippen molar-refractivity contribution in [3.05, 3.63) is 53.8 Å². The molecular weight excluding hydrogens is 367 g/mol. The Kier molecular flexibility index (Phi) is 5.90. The highest BCUT2D eigenvalue weighted by atomic mass is 19.1. The molecule has 0 bridgehead atoms. The molecule has 1 fully saturated rings. The van der Waals surface area contributed by atoms with Gasteiger partial charge in [-0.3, -0.25) is 14.7 Å². The number of benzene rings is 2. The SMILES string of the molecule is CCCCN1CCN(c2ccc(N=CC3C(=O)Nc4cccc(F)c43)cc2)CC1. The minimum absolute atomic E-state index is 0.244. The van der Waals surface area contributed by atoms with E-state index in [1.165, 1.54) is 37.4 Å². The van der Waals surface area contributed by atoms with E-state index in [4.69, 9.17) is 0 Å². The van der Waals surface area contributed by atoms with Gasteiger partial charge in [0.1, 0.15) is 11.7 Å². The Morgan fingerprint density at radius 1 is 1.14 bits per heavy atom. The van der Waals surface area contributed by atoms with E-state index >= 15 is 0 Å². The third-order valence-electron chi connectivity index (χ3n) is 5.69. The van der Waals surface area contributed by atoms with Crippen LogP contribution in [0.3, 0.4) is 0 Å². The van der Waals surface area contributed by atoms with Crippen LogP contribution in [0.5, 0.6) is 0 Å². The van der Waals surface area contributed by atoms with Gasteiger partial charge in [-0.1, -0.05) is 19.4 Å². The Morgan fingerprint density at radius 2 is 1.90 bits per heavy atom. The monoisotopic (exact) mass is 394 g/mol. The molecule has 29 heavy (non-hydrogen) atoms. The van der Waals surface area contributed by atoms with Crippen LogP contribution in [0.2, 0.25) is 0 Å². The number of rotatable bonds is 6. The number of anilines is 2. The van der Waals surface area contributed by atoms with Gasteiger partial charge in [-0.25, -0.2) is 4.39 Å². The number of fused-ring (bicyclic) bond motifs is 1. The molecule has 2 aliphatic rings. The summed E-state index contributed by atoms with van der Waals surface area (Å²) in [6.07, 6.45) is 4.04. The summed E-state index contributed by atoms with van der Waals surface area (Å²) >= 11 is 0. The first-order chi connectivity index (χ1) is 14.2. The topological polar surface area (TPSA) is 47.9 Å². The lowest BCUT2D eigenvalue weighted by Crippen LogP contribution is -2.46. The molecule has 4 rings (SSSR count). The van der Waals surface area contributed by atoms with Gasteiger partial charge in [-0.2, -0.15) is 0 Å². The molecule has 0 aromatic heterocycles. The van der Waals surface area contributed by atoms with Gasteiger partial charge >= 0.3 is 0 Å². The maximum Gasteiger partial charge on any atom is 0.237 e. The van der Waals surface area contributed by atoms with Crippen molar-refractivity contribution < 1.29 is 9.18 Å². The third-order valence-corrected chi connectivity index (χ3v) is 5.69. The summed E-state index contributed by atoms with van der Waals surface area (Å²) in [5.41, 5.74) is 2.85. The molecule has 2 aromatic carbocycles. The predicted molar refractivity (Wildman–Crippen MR) is 116 cm³/mol. The molecule has 5 nitrogen and oxygen atoms in total. The lowest BCUT2D eigenvalue weighted by Gasteiger charge is -2.36. The van der Waals surface area contributed by atoms with E-state index < -0.39 is 5.92 Å². The van der Waals surface area contributed by atoms with Crippen molar-refractivity contribution in [1.82, 2.24) is 4.90 Å². The first kappa shape index (κ1) is 19.6. The van der Waals surface area contributed by atoms with E-state index in [-0.39, 0.29) is 11.7 Å². The second-order valence-corrected chi connectivity index (χ2v) is 7.64. The standard InChI is InChI=1S/C23H27FN4O/c1-2-3-11-27-12-14-28(15-13-27)18-9-7-17(8-10-18)25-16-19-22-20(24)5-4-6-21(22)26-23(19)29/h4-10,16,19H,2-3,11-15H2,1H3,(H,26,29). The van der Waals surface area contributed by atoms with Gasteiger partial charge in [-0.15, -0.1) is 0 Å². The minimum atomic E-state index is -0.693. The van der Waals surface area contributed by atoms with Crippen LogP contribution in [0.1, 0.15) is 31.2 Å². The summed E-state index contributed by atoms with van der Waals surface area (Å²) in [4.78, 5) is 21.5. The summed E-state index contributed by atoms with van der Waals surface area (Å²) in [5, 5.41) is 2.71. The van der Waals surface area contributed by atoms with E-state index in [1.54, 1.807) is 12.1 Å². The van der Waals surface area contributed by atoms with E-state index in [0.717, 1.165) is 31.9 Å². The normalized spacial score (nSPS) is 19.6. The maximum absolute atomic E-state index is 14.1. The number of hydrogen-bond acceptors (Lipinski definition) is 4. The molecule has 1 unspecified atom stereocenters. The van der Waals surface area contributed by atoms with E-state index in [9.17, 15) is 9.18 Å². The summed E-state index contributed by atoms with van der Waals surface area (Å²) in [5.74, 6) is -1.32. The fourth-order valence-corrected chi connectivity index (χ4v) is 3.97. The molecule has 1 saturated heterocycles. The van der Waals surface area contributed by atoms with Crippen molar-refractivity contribution in [3.63, 3.8) is 0 Å². The smallest absolute Gasteiger partial charge is 0.237 e. The fraction of sp³-hybridized carbons (Fsp3) is 0.391. The van der Waals surface area contributed by atoms with Gasteiger partial charge < -0.3 is 10.2 Å². The lowest BCUT2D eigenvalue weighted by atomic mass is 10.0. The Bertz CT molecular complexity index is 888. The quantitative estimate of drug-likeness (QED) is 0.748. The summed E-state index contributed by atoms with van der Waals surface area (Å²) in [7, 11) is 0. The number of nitrogens with zero attached hydrogens (tertiary/aromatic N) is 3. The van der Waals surface area contributed by atoms with Gasteiger partial charge in [0.15, 0.2) is 0 Å². The van der Waals surface area contributed by atoms with Gasteiger partial charge in [0.25, 0.3) is 0 Å². The van der Waals surface area contributed by atoms with Crippen molar-refractivity contribution in [2.75, 3.05) is 42.9 Å². The van der Waals surface area contributed by atoms with Gasteiger partial charge in [-0.05, 0) is 49.4 Å². The van der Waals surface area contributed by atoms with Crippen LogP contribution in [-0.2, 0) is 4.79 Å². The molecule has 2 aromatic rings. The van der Waals surface area contributed by atoms with Crippen LogP contribution in [0, 0.1) is 5.82 Å². The molecule has 1 N–H and O–H groups in total. The van der Waals surface area contributed by atoms with Crippen LogP contribution in [0.15, 0.2) is 47.5 Å². The summed E-state index contributed by atoms with van der Waals surface area (Å²) in [6, 6.07) is 12.7. The first-order valence-corrected chi connectivity index (χ1v) is 10.4. The average Bonchev–Trinajstić information content (AvgIpc) is 3.08. The molecule has 0 radical (unpaired) electrons. The van der Waals surface area contributed by atoms with Gasteiger partial charge in [0.05, 0.1) is 5.69 Å². The van der Waals surface area contributed by atoms with Crippen LogP contribution in [0.25, 0.3) is 0 Å². The van der Waals surface area contributed by atoms with E-state index in [2.05, 4.69) is 39.2 Å². The number of hydrogen-bond donors (Lipinski definition) is 1. The highest BCUT2D eigenvalue weighted by Crippen LogP contribution is 2.34.